The highest BCUT2D eigenvalue weighted by molar-refractivity contribution is 5.90. The van der Waals surface area contributed by atoms with E-state index in [1.54, 1.807) is 0 Å². The molecule has 0 amide bonds. The quantitative estimate of drug-likeness (QED) is 0.517. The van der Waals surface area contributed by atoms with E-state index in [2.05, 4.69) is 4.74 Å². The largest absolute Gasteiger partial charge is 0.465 e. The van der Waals surface area contributed by atoms with Gasteiger partial charge in [-0.2, -0.15) is 0 Å². The summed E-state index contributed by atoms with van der Waals surface area (Å²) in [5, 5.41) is 10.3. The Labute approximate surface area is 119 Å². The van der Waals surface area contributed by atoms with Gasteiger partial charge in [-0.1, -0.05) is 6.07 Å². The van der Waals surface area contributed by atoms with E-state index in [-0.39, 0.29) is 22.6 Å². The zero-order valence-electron chi connectivity index (χ0n) is 11.0. The number of anilines is 3. The number of nitrogens with zero attached hydrogens (tertiary/aromatic N) is 1. The molecule has 0 saturated heterocycles. The van der Waals surface area contributed by atoms with E-state index in [0.717, 1.165) is 25.3 Å². The Bertz CT molecular complexity index is 672. The topological polar surface area (TPSA) is 75.8 Å². The highest BCUT2D eigenvalue weighted by Crippen LogP contribution is 2.33. The SMILES string of the molecule is COC(=O)c1ccc(N(O)c2c(N)cccc2F)c(F)c1. The summed E-state index contributed by atoms with van der Waals surface area (Å²) in [7, 11) is 1.16. The average Bonchev–Trinajstić information content (AvgIpc) is 2.45. The lowest BCUT2D eigenvalue weighted by molar-refractivity contribution is 0.0600. The summed E-state index contributed by atoms with van der Waals surface area (Å²) >= 11 is 0. The van der Waals surface area contributed by atoms with Crippen molar-refractivity contribution < 1.29 is 23.5 Å². The molecule has 0 spiro atoms. The lowest BCUT2D eigenvalue weighted by Crippen LogP contribution is -2.16. The molecule has 0 aliphatic carbocycles. The molecule has 3 N–H and O–H groups in total. The minimum Gasteiger partial charge on any atom is -0.465 e. The van der Waals surface area contributed by atoms with Gasteiger partial charge in [-0.25, -0.2) is 18.6 Å². The number of hydrogen-bond donors (Lipinski definition) is 2. The van der Waals surface area contributed by atoms with Crippen molar-refractivity contribution >= 4 is 23.0 Å². The molecule has 5 nitrogen and oxygen atoms in total. The van der Waals surface area contributed by atoms with Crippen molar-refractivity contribution in [3.8, 4) is 0 Å². The normalized spacial score (nSPS) is 10.3. The Morgan fingerprint density at radius 1 is 1.24 bits per heavy atom. The predicted molar refractivity (Wildman–Crippen MR) is 72.5 cm³/mol. The summed E-state index contributed by atoms with van der Waals surface area (Å²) in [6, 6.07) is 7.04. The molecule has 0 aromatic heterocycles. The summed E-state index contributed by atoms with van der Waals surface area (Å²) in [5.41, 5.74) is 4.76. The first-order valence-corrected chi connectivity index (χ1v) is 5.86. The monoisotopic (exact) mass is 294 g/mol. The first-order chi connectivity index (χ1) is 9.95. The molecule has 21 heavy (non-hydrogen) atoms. The van der Waals surface area contributed by atoms with Crippen LogP contribution in [0.2, 0.25) is 0 Å². The number of nitrogens with two attached hydrogens (primary N) is 1. The third kappa shape index (κ3) is 2.77. The summed E-state index contributed by atoms with van der Waals surface area (Å²) in [6.45, 7) is 0. The number of benzene rings is 2. The van der Waals surface area contributed by atoms with Crippen LogP contribution in [0.25, 0.3) is 0 Å². The summed E-state index contributed by atoms with van der Waals surface area (Å²) in [5.74, 6) is -2.47. The van der Waals surface area contributed by atoms with Crippen molar-refractivity contribution in [2.75, 3.05) is 17.9 Å². The molecule has 0 bridgehead atoms. The van der Waals surface area contributed by atoms with Gasteiger partial charge in [-0.05, 0) is 30.3 Å². The molecule has 7 heteroatoms. The number of halogens is 2. The number of rotatable bonds is 3. The molecular formula is C14H12F2N2O3. The Balaban J connectivity index is 2.45. The number of nitrogen functional groups attached to an aromatic ring is 1. The maximum atomic E-state index is 14.0. The first-order valence-electron chi connectivity index (χ1n) is 5.86. The molecule has 0 atom stereocenters. The third-order valence-electron chi connectivity index (χ3n) is 2.83. The number of hydrogen-bond acceptors (Lipinski definition) is 5. The fourth-order valence-corrected chi connectivity index (χ4v) is 1.80. The molecule has 0 radical (unpaired) electrons. The second kappa shape index (κ2) is 5.76. The molecule has 0 unspecified atom stereocenters. The van der Waals surface area contributed by atoms with Gasteiger partial charge in [0.2, 0.25) is 0 Å². The fourth-order valence-electron chi connectivity index (χ4n) is 1.80. The van der Waals surface area contributed by atoms with Gasteiger partial charge in [-0.3, -0.25) is 5.21 Å². The van der Waals surface area contributed by atoms with Crippen molar-refractivity contribution in [2.45, 2.75) is 0 Å². The van der Waals surface area contributed by atoms with Gasteiger partial charge < -0.3 is 10.5 Å². The lowest BCUT2D eigenvalue weighted by atomic mass is 10.1. The van der Waals surface area contributed by atoms with Gasteiger partial charge in [0.15, 0.2) is 5.82 Å². The standard InChI is InChI=1S/C14H12F2N2O3/c1-21-14(19)8-5-6-12(10(16)7-8)18(20)13-9(15)3-2-4-11(13)17/h2-7,20H,17H2,1H3. The van der Waals surface area contributed by atoms with Crippen molar-refractivity contribution in [1.82, 2.24) is 0 Å². The van der Waals surface area contributed by atoms with Crippen LogP contribution in [-0.2, 0) is 4.74 Å². The Kier molecular flexibility index (Phi) is 4.04. The molecule has 0 heterocycles. The zero-order chi connectivity index (χ0) is 15.6. The van der Waals surface area contributed by atoms with Crippen LogP contribution in [0.3, 0.4) is 0 Å². The van der Waals surface area contributed by atoms with Crippen LogP contribution in [-0.4, -0.2) is 18.3 Å². The molecule has 0 aliphatic rings. The lowest BCUT2D eigenvalue weighted by Gasteiger charge is -2.20. The Hall–Kier alpha value is -2.67. The van der Waals surface area contributed by atoms with E-state index in [0.29, 0.717) is 5.06 Å². The van der Waals surface area contributed by atoms with Crippen molar-refractivity contribution in [2.24, 2.45) is 0 Å². The highest BCUT2D eigenvalue weighted by Gasteiger charge is 2.19. The molecular weight excluding hydrogens is 282 g/mol. The molecule has 2 aromatic carbocycles. The number of methoxy groups -OCH3 is 1. The number of para-hydroxylation sites is 1. The van der Waals surface area contributed by atoms with Crippen molar-refractivity contribution in [3.05, 3.63) is 53.6 Å². The van der Waals surface area contributed by atoms with Crippen LogP contribution in [0, 0.1) is 11.6 Å². The zero-order valence-corrected chi connectivity index (χ0v) is 11.0. The number of carbonyl (C=O) groups is 1. The van der Waals surface area contributed by atoms with E-state index < -0.39 is 17.6 Å². The maximum absolute atomic E-state index is 14.0. The Morgan fingerprint density at radius 3 is 2.52 bits per heavy atom. The average molecular weight is 294 g/mol. The summed E-state index contributed by atoms with van der Waals surface area (Å²) in [6.07, 6.45) is 0. The summed E-state index contributed by atoms with van der Waals surface area (Å²) in [4.78, 5) is 11.3. The van der Waals surface area contributed by atoms with E-state index in [1.165, 1.54) is 18.2 Å². The van der Waals surface area contributed by atoms with E-state index >= 15 is 0 Å². The van der Waals surface area contributed by atoms with Gasteiger partial charge in [0, 0.05) is 0 Å². The smallest absolute Gasteiger partial charge is 0.337 e. The molecule has 0 saturated carbocycles. The first kappa shape index (κ1) is 14.7. The van der Waals surface area contributed by atoms with Crippen molar-refractivity contribution in [3.63, 3.8) is 0 Å². The van der Waals surface area contributed by atoms with E-state index in [9.17, 15) is 18.8 Å². The number of ether oxygens (including phenoxy) is 1. The van der Waals surface area contributed by atoms with Gasteiger partial charge in [-0.15, -0.1) is 0 Å². The van der Waals surface area contributed by atoms with Gasteiger partial charge in [0.05, 0.1) is 18.4 Å². The molecule has 110 valence electrons. The highest BCUT2D eigenvalue weighted by atomic mass is 19.1. The molecule has 2 aromatic rings. The predicted octanol–water partition coefficient (Wildman–Crippen LogP) is 2.86. The molecule has 2 rings (SSSR count). The Morgan fingerprint density at radius 2 is 1.95 bits per heavy atom. The van der Waals surface area contributed by atoms with Gasteiger partial charge in [0.25, 0.3) is 0 Å². The van der Waals surface area contributed by atoms with E-state index in [4.69, 9.17) is 5.73 Å². The second-order valence-electron chi connectivity index (χ2n) is 4.15. The molecule has 0 fully saturated rings. The summed E-state index contributed by atoms with van der Waals surface area (Å²) < 4.78 is 32.1. The molecule has 0 aliphatic heterocycles. The third-order valence-corrected chi connectivity index (χ3v) is 2.83. The van der Waals surface area contributed by atoms with Crippen LogP contribution in [0.1, 0.15) is 10.4 Å². The van der Waals surface area contributed by atoms with Gasteiger partial charge >= 0.3 is 5.97 Å². The van der Waals surface area contributed by atoms with Crippen LogP contribution in [0.4, 0.5) is 25.8 Å². The maximum Gasteiger partial charge on any atom is 0.337 e. The second-order valence-corrected chi connectivity index (χ2v) is 4.15. The van der Waals surface area contributed by atoms with E-state index in [1.807, 2.05) is 0 Å². The number of esters is 1. The van der Waals surface area contributed by atoms with Crippen molar-refractivity contribution in [1.29, 1.82) is 0 Å². The fraction of sp³-hybridized carbons (Fsp3) is 0.0714. The minimum atomic E-state index is -0.928. The van der Waals surface area contributed by atoms with Crippen LogP contribution in [0.5, 0.6) is 0 Å². The van der Waals surface area contributed by atoms with Crippen LogP contribution < -0.4 is 10.8 Å². The van der Waals surface area contributed by atoms with Gasteiger partial charge in [0.1, 0.15) is 17.2 Å². The van der Waals surface area contributed by atoms with Crippen LogP contribution >= 0.6 is 0 Å². The number of carbonyl (C=O) groups excluding carboxylic acids is 1. The minimum absolute atomic E-state index is 0.0337. The van der Waals surface area contributed by atoms with Crippen LogP contribution in [0.15, 0.2) is 36.4 Å².